The van der Waals surface area contributed by atoms with E-state index >= 15 is 0 Å². The Labute approximate surface area is 148 Å². The largest absolute Gasteiger partial charge is 0.337 e. The lowest BCUT2D eigenvalue weighted by Crippen LogP contribution is -2.45. The third kappa shape index (κ3) is 3.68. The van der Waals surface area contributed by atoms with E-state index in [0.29, 0.717) is 23.0 Å². The molecule has 9 heteroatoms. The van der Waals surface area contributed by atoms with Crippen LogP contribution in [-0.2, 0) is 4.79 Å². The number of carbonyl (C=O) groups excluding carboxylic acids is 1. The molecule has 3 rings (SSSR count). The maximum atomic E-state index is 12.2. The highest BCUT2D eigenvalue weighted by Crippen LogP contribution is 2.29. The molecule has 0 saturated heterocycles. The minimum absolute atomic E-state index is 0.150. The Balaban J connectivity index is 1.63. The second kappa shape index (κ2) is 7.20. The zero-order valence-electron chi connectivity index (χ0n) is 12.8. The standard InChI is InChI=1S/C15H15ClN6OS/c16-11-3-5-12(6-4-11)22-14(19-20-21-22)24-9-13(23)18-15(10-17)7-1-2-8-15/h3-6H,1-2,7-9H2,(H,18,23). The van der Waals surface area contributed by atoms with E-state index in [1.807, 2.05) is 0 Å². The first kappa shape index (κ1) is 16.7. The highest BCUT2D eigenvalue weighted by atomic mass is 35.5. The molecule has 24 heavy (non-hydrogen) atoms. The molecule has 1 saturated carbocycles. The third-order valence-corrected chi connectivity index (χ3v) is 5.07. The molecule has 0 radical (unpaired) electrons. The average Bonchev–Trinajstić information content (AvgIpc) is 3.23. The van der Waals surface area contributed by atoms with E-state index in [1.165, 1.54) is 11.8 Å². The van der Waals surface area contributed by atoms with Crippen LogP contribution in [-0.4, -0.2) is 37.4 Å². The molecule has 1 aromatic carbocycles. The van der Waals surface area contributed by atoms with Gasteiger partial charge in [-0.3, -0.25) is 4.79 Å². The van der Waals surface area contributed by atoms with E-state index in [4.69, 9.17) is 11.6 Å². The Bertz CT molecular complexity index is 763. The molecule has 1 aromatic heterocycles. The first-order chi connectivity index (χ1) is 11.6. The maximum Gasteiger partial charge on any atom is 0.231 e. The number of carbonyl (C=O) groups is 1. The Morgan fingerprint density at radius 1 is 1.38 bits per heavy atom. The lowest BCUT2D eigenvalue weighted by atomic mass is 10.0. The van der Waals surface area contributed by atoms with E-state index < -0.39 is 5.54 Å². The summed E-state index contributed by atoms with van der Waals surface area (Å²) in [5.74, 6) is -0.0358. The van der Waals surface area contributed by atoms with E-state index in [-0.39, 0.29) is 11.7 Å². The van der Waals surface area contributed by atoms with Gasteiger partial charge < -0.3 is 5.32 Å². The van der Waals surface area contributed by atoms with Crippen LogP contribution in [0.2, 0.25) is 5.02 Å². The minimum atomic E-state index is -0.709. The number of nitrogens with zero attached hydrogens (tertiary/aromatic N) is 5. The monoisotopic (exact) mass is 362 g/mol. The number of aromatic nitrogens is 4. The Hall–Kier alpha value is -2.11. The number of benzene rings is 1. The van der Waals surface area contributed by atoms with Gasteiger partial charge in [0.1, 0.15) is 5.54 Å². The number of hydrogen-bond acceptors (Lipinski definition) is 6. The van der Waals surface area contributed by atoms with Crippen LogP contribution in [0.25, 0.3) is 5.69 Å². The molecule has 1 amide bonds. The highest BCUT2D eigenvalue weighted by molar-refractivity contribution is 7.99. The molecule has 1 N–H and O–H groups in total. The minimum Gasteiger partial charge on any atom is -0.337 e. The predicted octanol–water partition coefficient (Wildman–Crippen LogP) is 2.36. The molecule has 1 aliphatic carbocycles. The summed E-state index contributed by atoms with van der Waals surface area (Å²) in [5.41, 5.74) is 0.0522. The van der Waals surface area contributed by atoms with Gasteiger partial charge in [-0.2, -0.15) is 9.94 Å². The topological polar surface area (TPSA) is 96.5 Å². The molecule has 2 aromatic rings. The van der Waals surface area contributed by atoms with Gasteiger partial charge in [-0.15, -0.1) is 5.10 Å². The number of amides is 1. The van der Waals surface area contributed by atoms with Gasteiger partial charge in [0.15, 0.2) is 0 Å². The fourth-order valence-electron chi connectivity index (χ4n) is 2.69. The second-order valence-corrected chi connectivity index (χ2v) is 6.97. The van der Waals surface area contributed by atoms with Gasteiger partial charge in [0.05, 0.1) is 17.5 Å². The summed E-state index contributed by atoms with van der Waals surface area (Å²) in [7, 11) is 0. The smallest absolute Gasteiger partial charge is 0.231 e. The molecule has 1 heterocycles. The SMILES string of the molecule is N#CC1(NC(=O)CSc2nnnn2-c2ccc(Cl)cc2)CCCC1. The highest BCUT2D eigenvalue weighted by Gasteiger charge is 2.35. The van der Waals surface area contributed by atoms with E-state index in [0.717, 1.165) is 18.5 Å². The zero-order chi connectivity index (χ0) is 17.0. The van der Waals surface area contributed by atoms with Crippen molar-refractivity contribution in [2.45, 2.75) is 36.4 Å². The first-order valence-electron chi connectivity index (χ1n) is 7.51. The van der Waals surface area contributed by atoms with E-state index in [2.05, 4.69) is 26.9 Å². The van der Waals surface area contributed by atoms with Gasteiger partial charge in [0, 0.05) is 5.02 Å². The summed E-state index contributed by atoms with van der Waals surface area (Å²) >= 11 is 7.10. The molecule has 0 bridgehead atoms. The number of rotatable bonds is 5. The Morgan fingerprint density at radius 3 is 2.75 bits per heavy atom. The number of tetrazole rings is 1. The van der Waals surface area contributed by atoms with Crippen LogP contribution >= 0.6 is 23.4 Å². The molecular formula is C15H15ClN6OS. The van der Waals surface area contributed by atoms with Gasteiger partial charge in [-0.1, -0.05) is 23.4 Å². The van der Waals surface area contributed by atoms with Crippen molar-refractivity contribution >= 4 is 29.3 Å². The summed E-state index contributed by atoms with van der Waals surface area (Å²) < 4.78 is 1.55. The van der Waals surface area contributed by atoms with Crippen molar-refractivity contribution in [3.63, 3.8) is 0 Å². The molecule has 1 fully saturated rings. The van der Waals surface area contributed by atoms with E-state index in [9.17, 15) is 10.1 Å². The van der Waals surface area contributed by atoms with Crippen LogP contribution in [0.5, 0.6) is 0 Å². The van der Waals surface area contributed by atoms with Crippen molar-refractivity contribution in [2.75, 3.05) is 5.75 Å². The Morgan fingerprint density at radius 2 is 2.08 bits per heavy atom. The number of nitrogens with one attached hydrogen (secondary N) is 1. The van der Waals surface area contributed by atoms with Crippen LogP contribution in [0.4, 0.5) is 0 Å². The van der Waals surface area contributed by atoms with Crippen LogP contribution in [0.15, 0.2) is 29.4 Å². The normalized spacial score (nSPS) is 15.8. The quantitative estimate of drug-likeness (QED) is 0.820. The van der Waals surface area contributed by atoms with Crippen molar-refractivity contribution in [1.82, 2.24) is 25.5 Å². The lowest BCUT2D eigenvalue weighted by molar-refractivity contribution is -0.119. The molecule has 0 unspecified atom stereocenters. The van der Waals surface area contributed by atoms with Gasteiger partial charge in [0.25, 0.3) is 0 Å². The van der Waals surface area contributed by atoms with Gasteiger partial charge >= 0.3 is 0 Å². The maximum absolute atomic E-state index is 12.2. The molecular weight excluding hydrogens is 348 g/mol. The number of hydrogen-bond donors (Lipinski definition) is 1. The van der Waals surface area contributed by atoms with Gasteiger partial charge in [-0.25, -0.2) is 0 Å². The third-order valence-electron chi connectivity index (χ3n) is 3.89. The summed E-state index contributed by atoms with van der Waals surface area (Å²) in [5, 5.41) is 24.8. The zero-order valence-corrected chi connectivity index (χ0v) is 14.3. The van der Waals surface area contributed by atoms with Crippen LogP contribution in [0.1, 0.15) is 25.7 Å². The van der Waals surface area contributed by atoms with Crippen LogP contribution < -0.4 is 5.32 Å². The lowest BCUT2D eigenvalue weighted by Gasteiger charge is -2.21. The summed E-state index contributed by atoms with van der Waals surface area (Å²) in [6.45, 7) is 0. The fourth-order valence-corrected chi connectivity index (χ4v) is 3.51. The number of nitriles is 1. The fraction of sp³-hybridized carbons (Fsp3) is 0.400. The van der Waals surface area contributed by atoms with E-state index in [1.54, 1.807) is 28.9 Å². The molecule has 124 valence electrons. The average molecular weight is 363 g/mol. The number of halogens is 1. The molecule has 0 atom stereocenters. The van der Waals surface area contributed by atoms with Crippen molar-refractivity contribution in [3.05, 3.63) is 29.3 Å². The molecule has 7 nitrogen and oxygen atoms in total. The summed E-state index contributed by atoms with van der Waals surface area (Å²) in [6.07, 6.45) is 3.36. The first-order valence-corrected chi connectivity index (χ1v) is 8.88. The Kier molecular flexibility index (Phi) is 5.02. The van der Waals surface area contributed by atoms with Crippen molar-refractivity contribution in [3.8, 4) is 11.8 Å². The van der Waals surface area contributed by atoms with Crippen molar-refractivity contribution < 1.29 is 4.79 Å². The van der Waals surface area contributed by atoms with Crippen LogP contribution in [0, 0.1) is 11.3 Å². The van der Waals surface area contributed by atoms with Gasteiger partial charge in [-0.05, 0) is 60.4 Å². The van der Waals surface area contributed by atoms with Crippen molar-refractivity contribution in [2.24, 2.45) is 0 Å². The molecule has 0 aliphatic heterocycles. The van der Waals surface area contributed by atoms with Gasteiger partial charge in [0.2, 0.25) is 11.1 Å². The van der Waals surface area contributed by atoms with Crippen LogP contribution in [0.3, 0.4) is 0 Å². The predicted molar refractivity (Wildman–Crippen MR) is 89.8 cm³/mol. The summed E-state index contributed by atoms with van der Waals surface area (Å²) in [4.78, 5) is 12.2. The summed E-state index contributed by atoms with van der Waals surface area (Å²) in [6, 6.07) is 9.33. The second-order valence-electron chi connectivity index (χ2n) is 5.59. The number of thioether (sulfide) groups is 1. The molecule has 0 spiro atoms. The van der Waals surface area contributed by atoms with Crippen molar-refractivity contribution in [1.29, 1.82) is 5.26 Å². The molecule has 1 aliphatic rings.